The average Bonchev–Trinajstić information content (AvgIpc) is 2.62. The van der Waals surface area contributed by atoms with Gasteiger partial charge in [-0.25, -0.2) is 0 Å². The monoisotopic (exact) mass is 392 g/mol. The molecule has 1 fully saturated rings. The third-order valence-electron chi connectivity index (χ3n) is 4.88. The van der Waals surface area contributed by atoms with Crippen molar-refractivity contribution < 1.29 is 9.94 Å². The van der Waals surface area contributed by atoms with Crippen LogP contribution >= 0.6 is 11.6 Å². The number of aliphatic hydroxyl groups is 1. The Morgan fingerprint density at radius 2 is 1.74 bits per heavy atom. The van der Waals surface area contributed by atoms with Crippen molar-refractivity contribution in [3.63, 3.8) is 0 Å². The van der Waals surface area contributed by atoms with Crippen molar-refractivity contribution in [1.82, 2.24) is 4.90 Å². The van der Waals surface area contributed by atoms with E-state index in [4.69, 9.17) is 16.4 Å². The Balaban J connectivity index is 1.96. The molecule has 1 saturated carbocycles. The molecule has 0 bridgehead atoms. The fourth-order valence-electron chi connectivity index (χ4n) is 3.45. The lowest BCUT2D eigenvalue weighted by Crippen LogP contribution is -2.43. The molecule has 2 rings (SSSR count). The Kier molecular flexibility index (Phi) is 8.81. The number of allylic oxidation sites excluding steroid dienone is 1. The highest BCUT2D eigenvalue weighted by atomic mass is 35.5. The number of oxime groups is 1. The van der Waals surface area contributed by atoms with E-state index in [0.717, 1.165) is 35.6 Å². The van der Waals surface area contributed by atoms with Gasteiger partial charge >= 0.3 is 0 Å². The second-order valence-electron chi connectivity index (χ2n) is 7.80. The molecule has 0 aromatic heterocycles. The quantitative estimate of drug-likeness (QED) is 0.622. The topological polar surface area (TPSA) is 45.1 Å². The van der Waals surface area contributed by atoms with Gasteiger partial charge in [-0.05, 0) is 82.7 Å². The molecule has 0 heterocycles. The Morgan fingerprint density at radius 1 is 1.11 bits per heavy atom. The van der Waals surface area contributed by atoms with E-state index >= 15 is 0 Å². The summed E-state index contributed by atoms with van der Waals surface area (Å²) < 4.78 is 0. The van der Waals surface area contributed by atoms with E-state index in [0.29, 0.717) is 18.6 Å². The number of hydrogen-bond donors (Lipinski definition) is 1. The maximum Gasteiger partial charge on any atom is 0.144 e. The van der Waals surface area contributed by atoms with E-state index in [1.165, 1.54) is 12.0 Å². The highest BCUT2D eigenvalue weighted by Crippen LogP contribution is 2.24. The number of halogens is 1. The smallest absolute Gasteiger partial charge is 0.144 e. The molecule has 0 saturated heterocycles. The summed E-state index contributed by atoms with van der Waals surface area (Å²) in [7, 11) is 0. The van der Waals surface area contributed by atoms with Gasteiger partial charge in [0.05, 0.1) is 5.71 Å². The summed E-state index contributed by atoms with van der Waals surface area (Å²) in [4.78, 5) is 7.79. The Bertz CT molecular complexity index is 630. The molecule has 1 aliphatic rings. The van der Waals surface area contributed by atoms with Crippen LogP contribution in [0.2, 0.25) is 5.02 Å². The molecule has 0 spiro atoms. The summed E-state index contributed by atoms with van der Waals surface area (Å²) in [5.74, 6) is 0. The average molecular weight is 393 g/mol. The van der Waals surface area contributed by atoms with Crippen LogP contribution in [0.1, 0.15) is 58.9 Å². The van der Waals surface area contributed by atoms with E-state index in [2.05, 4.69) is 43.8 Å². The minimum Gasteiger partial charge on any atom is -0.393 e. The molecule has 0 aliphatic heterocycles. The van der Waals surface area contributed by atoms with Gasteiger partial charge in [0.1, 0.15) is 12.7 Å². The van der Waals surface area contributed by atoms with Gasteiger partial charge in [-0.1, -0.05) is 28.9 Å². The van der Waals surface area contributed by atoms with Gasteiger partial charge in [0.2, 0.25) is 0 Å². The molecule has 1 N–H and O–H groups in total. The third-order valence-corrected chi connectivity index (χ3v) is 5.13. The van der Waals surface area contributed by atoms with Crippen molar-refractivity contribution in [3.8, 4) is 0 Å². The standard InChI is InChI=1S/C22H33ClN2O2/c1-16(2)25(17(3)4)14-21(26)15-27-24-22-8-6-5-7-19(22)13-18-9-11-20(23)12-10-18/h9-13,16-17,21,26H,5-8,14-15H2,1-4H3. The highest BCUT2D eigenvalue weighted by molar-refractivity contribution is 6.30. The van der Waals surface area contributed by atoms with Crippen molar-refractivity contribution in [3.05, 3.63) is 40.4 Å². The molecule has 1 aromatic rings. The highest BCUT2D eigenvalue weighted by Gasteiger charge is 2.19. The van der Waals surface area contributed by atoms with Crippen LogP contribution in [0.5, 0.6) is 0 Å². The van der Waals surface area contributed by atoms with Crippen molar-refractivity contribution in [2.75, 3.05) is 13.2 Å². The maximum absolute atomic E-state index is 10.3. The van der Waals surface area contributed by atoms with Crippen LogP contribution in [0.15, 0.2) is 35.0 Å². The second-order valence-corrected chi connectivity index (χ2v) is 8.24. The van der Waals surface area contributed by atoms with E-state index in [1.807, 2.05) is 24.3 Å². The Hall–Kier alpha value is -1.36. The van der Waals surface area contributed by atoms with Crippen molar-refractivity contribution >= 4 is 23.4 Å². The van der Waals surface area contributed by atoms with Crippen LogP contribution in [-0.2, 0) is 4.84 Å². The first-order valence-electron chi connectivity index (χ1n) is 9.96. The number of aliphatic hydroxyl groups excluding tert-OH is 1. The predicted molar refractivity (Wildman–Crippen MR) is 114 cm³/mol. The second kappa shape index (κ2) is 10.8. The summed E-state index contributed by atoms with van der Waals surface area (Å²) in [6.45, 7) is 9.38. The van der Waals surface area contributed by atoms with Gasteiger partial charge in [0.25, 0.3) is 0 Å². The minimum absolute atomic E-state index is 0.216. The normalized spacial score (nSPS) is 19.4. The fourth-order valence-corrected chi connectivity index (χ4v) is 3.57. The van der Waals surface area contributed by atoms with Crippen molar-refractivity contribution in [1.29, 1.82) is 0 Å². The first kappa shape index (κ1) is 21.9. The molecule has 0 amide bonds. The first-order chi connectivity index (χ1) is 12.9. The van der Waals surface area contributed by atoms with Crippen LogP contribution in [0.25, 0.3) is 6.08 Å². The van der Waals surface area contributed by atoms with Gasteiger partial charge in [0.15, 0.2) is 0 Å². The van der Waals surface area contributed by atoms with Gasteiger partial charge in [-0.3, -0.25) is 4.90 Å². The largest absolute Gasteiger partial charge is 0.393 e. The van der Waals surface area contributed by atoms with Crippen LogP contribution in [0, 0.1) is 0 Å². The predicted octanol–water partition coefficient (Wildman–Crippen LogP) is 5.15. The SMILES string of the molecule is CC(C)N(CC(O)CON=C1CCCCC1=Cc1ccc(Cl)cc1)C(C)C. The van der Waals surface area contributed by atoms with Crippen molar-refractivity contribution in [2.24, 2.45) is 5.16 Å². The van der Waals surface area contributed by atoms with E-state index < -0.39 is 6.10 Å². The maximum atomic E-state index is 10.3. The van der Waals surface area contributed by atoms with Gasteiger partial charge in [0, 0.05) is 23.7 Å². The molecule has 5 heteroatoms. The van der Waals surface area contributed by atoms with Crippen LogP contribution in [0.3, 0.4) is 0 Å². The zero-order chi connectivity index (χ0) is 19.8. The van der Waals surface area contributed by atoms with E-state index in [9.17, 15) is 5.11 Å². The zero-order valence-corrected chi connectivity index (χ0v) is 17.7. The fraction of sp³-hybridized carbons (Fsp3) is 0.591. The molecule has 1 atom stereocenters. The van der Waals surface area contributed by atoms with Crippen molar-refractivity contribution in [2.45, 2.75) is 71.6 Å². The van der Waals surface area contributed by atoms with E-state index in [-0.39, 0.29) is 6.61 Å². The molecule has 0 radical (unpaired) electrons. The minimum atomic E-state index is -0.550. The zero-order valence-electron chi connectivity index (χ0n) is 17.0. The molecule has 4 nitrogen and oxygen atoms in total. The summed E-state index contributed by atoms with van der Waals surface area (Å²) in [6.07, 6.45) is 5.82. The Morgan fingerprint density at radius 3 is 2.37 bits per heavy atom. The van der Waals surface area contributed by atoms with E-state index in [1.54, 1.807) is 0 Å². The molecule has 27 heavy (non-hydrogen) atoms. The molecular formula is C22H33ClN2O2. The van der Waals surface area contributed by atoms with Gasteiger partial charge < -0.3 is 9.94 Å². The lowest BCUT2D eigenvalue weighted by atomic mass is 9.91. The summed E-state index contributed by atoms with van der Waals surface area (Å²) in [5, 5.41) is 15.4. The Labute approximate surface area is 168 Å². The molecule has 1 unspecified atom stereocenters. The lowest BCUT2D eigenvalue weighted by molar-refractivity contribution is 0.00578. The first-order valence-corrected chi connectivity index (χ1v) is 10.3. The third kappa shape index (κ3) is 7.28. The number of nitrogens with zero attached hydrogens (tertiary/aromatic N) is 2. The molecule has 1 aromatic carbocycles. The van der Waals surface area contributed by atoms with Crippen LogP contribution in [0.4, 0.5) is 0 Å². The molecule has 1 aliphatic carbocycles. The molecular weight excluding hydrogens is 360 g/mol. The lowest BCUT2D eigenvalue weighted by Gasteiger charge is -2.32. The van der Waals surface area contributed by atoms with Gasteiger partial charge in [-0.15, -0.1) is 0 Å². The summed E-state index contributed by atoms with van der Waals surface area (Å²) in [5.41, 5.74) is 3.32. The summed E-state index contributed by atoms with van der Waals surface area (Å²) in [6, 6.07) is 8.60. The number of rotatable bonds is 8. The number of hydrogen-bond acceptors (Lipinski definition) is 4. The summed E-state index contributed by atoms with van der Waals surface area (Å²) >= 11 is 5.96. The molecule has 150 valence electrons. The van der Waals surface area contributed by atoms with Gasteiger partial charge in [-0.2, -0.15) is 0 Å². The van der Waals surface area contributed by atoms with Crippen LogP contribution in [-0.4, -0.2) is 47.1 Å². The number of benzene rings is 1. The van der Waals surface area contributed by atoms with Crippen LogP contribution < -0.4 is 0 Å².